The minimum atomic E-state index is -3.13. The van der Waals surface area contributed by atoms with E-state index < -0.39 is 14.6 Å². The van der Waals surface area contributed by atoms with Gasteiger partial charge in [0, 0.05) is 38.4 Å². The van der Waals surface area contributed by atoms with E-state index in [-0.39, 0.29) is 29.7 Å². The van der Waals surface area contributed by atoms with Gasteiger partial charge >= 0.3 is 0 Å². The molecular formula is C18H31IN4O2S. The summed E-state index contributed by atoms with van der Waals surface area (Å²) in [6.07, 6.45) is 1.02. The summed E-state index contributed by atoms with van der Waals surface area (Å²) in [7, 11) is -1.42. The summed E-state index contributed by atoms with van der Waals surface area (Å²) in [5.41, 5.74) is 1.23. The molecule has 1 aliphatic rings. The average Bonchev–Trinajstić information content (AvgIpc) is 3.02. The zero-order valence-electron chi connectivity index (χ0n) is 16.0. The van der Waals surface area contributed by atoms with Gasteiger partial charge in [0.15, 0.2) is 15.8 Å². The minimum Gasteiger partial charge on any atom is -0.369 e. The van der Waals surface area contributed by atoms with Crippen LogP contribution in [-0.4, -0.2) is 57.6 Å². The van der Waals surface area contributed by atoms with Crippen molar-refractivity contribution in [1.82, 2.24) is 10.6 Å². The van der Waals surface area contributed by atoms with E-state index >= 15 is 0 Å². The maximum atomic E-state index is 12.2. The van der Waals surface area contributed by atoms with Crippen molar-refractivity contribution >= 4 is 45.5 Å². The Morgan fingerprint density at radius 2 is 1.92 bits per heavy atom. The van der Waals surface area contributed by atoms with E-state index in [1.165, 1.54) is 5.69 Å². The van der Waals surface area contributed by atoms with Crippen LogP contribution >= 0.6 is 24.0 Å². The molecular weight excluding hydrogens is 463 g/mol. The molecule has 1 aromatic carbocycles. The predicted molar refractivity (Wildman–Crippen MR) is 121 cm³/mol. The standard InChI is InChI=1S/C18H30N4O2S.HI/c1-18(2,3)25(23,24)13-11-20-17(19-4)21-15-10-12-22(14-15)16-8-6-5-7-9-16;/h5-9,15H,10-14H2,1-4H3,(H2,19,20,21);1H. The first-order valence-corrected chi connectivity index (χ1v) is 10.4. The number of rotatable bonds is 5. The van der Waals surface area contributed by atoms with Crippen LogP contribution in [0.5, 0.6) is 0 Å². The van der Waals surface area contributed by atoms with Crippen molar-refractivity contribution in [2.45, 2.75) is 38.0 Å². The number of anilines is 1. The molecule has 1 fully saturated rings. The zero-order valence-corrected chi connectivity index (χ0v) is 19.2. The molecule has 1 aliphatic heterocycles. The topological polar surface area (TPSA) is 73.8 Å². The van der Waals surface area contributed by atoms with Crippen molar-refractivity contribution in [2.75, 3.05) is 37.3 Å². The van der Waals surface area contributed by atoms with E-state index in [4.69, 9.17) is 0 Å². The molecule has 1 unspecified atom stereocenters. The van der Waals surface area contributed by atoms with Crippen LogP contribution in [0.1, 0.15) is 27.2 Å². The van der Waals surface area contributed by atoms with Crippen LogP contribution < -0.4 is 15.5 Å². The summed E-state index contributed by atoms with van der Waals surface area (Å²) in [5.74, 6) is 0.752. The van der Waals surface area contributed by atoms with Gasteiger partial charge in [-0.15, -0.1) is 24.0 Å². The second-order valence-electron chi connectivity index (χ2n) is 7.34. The van der Waals surface area contributed by atoms with Crippen molar-refractivity contribution in [3.63, 3.8) is 0 Å². The molecule has 0 aromatic heterocycles. The van der Waals surface area contributed by atoms with Crippen molar-refractivity contribution in [1.29, 1.82) is 0 Å². The van der Waals surface area contributed by atoms with Gasteiger partial charge in [-0.25, -0.2) is 8.42 Å². The predicted octanol–water partition coefficient (Wildman–Crippen LogP) is 2.26. The maximum Gasteiger partial charge on any atom is 0.191 e. The third-order valence-electron chi connectivity index (χ3n) is 4.47. The molecule has 0 bridgehead atoms. The summed E-state index contributed by atoms with van der Waals surface area (Å²) in [5, 5.41) is 6.51. The first kappa shape index (κ1) is 23.0. The molecule has 1 aromatic rings. The van der Waals surface area contributed by atoms with Crippen LogP contribution in [0.15, 0.2) is 35.3 Å². The van der Waals surface area contributed by atoms with Crippen molar-refractivity contribution < 1.29 is 8.42 Å². The largest absolute Gasteiger partial charge is 0.369 e. The monoisotopic (exact) mass is 494 g/mol. The van der Waals surface area contributed by atoms with Crippen LogP contribution in [0.3, 0.4) is 0 Å². The fourth-order valence-corrected chi connectivity index (χ4v) is 3.73. The van der Waals surface area contributed by atoms with Crippen molar-refractivity contribution in [3.8, 4) is 0 Å². The highest BCUT2D eigenvalue weighted by Crippen LogP contribution is 2.19. The van der Waals surface area contributed by atoms with Gasteiger partial charge in [-0.3, -0.25) is 4.99 Å². The average molecular weight is 494 g/mol. The molecule has 0 saturated carbocycles. The first-order chi connectivity index (χ1) is 11.7. The lowest BCUT2D eigenvalue weighted by atomic mass is 10.3. The fraction of sp³-hybridized carbons (Fsp3) is 0.611. The number of aliphatic imine (C=N–C) groups is 1. The molecule has 1 atom stereocenters. The molecule has 0 amide bonds. The van der Waals surface area contributed by atoms with Crippen LogP contribution in [0, 0.1) is 0 Å². The van der Waals surface area contributed by atoms with Gasteiger partial charge < -0.3 is 15.5 Å². The van der Waals surface area contributed by atoms with Gasteiger partial charge in [-0.1, -0.05) is 18.2 Å². The molecule has 1 heterocycles. The number of hydrogen-bond acceptors (Lipinski definition) is 4. The molecule has 0 aliphatic carbocycles. The first-order valence-electron chi connectivity index (χ1n) is 8.72. The molecule has 8 heteroatoms. The van der Waals surface area contributed by atoms with Crippen molar-refractivity contribution in [2.24, 2.45) is 4.99 Å². The summed E-state index contributed by atoms with van der Waals surface area (Å²) < 4.78 is 23.6. The normalized spacial score (nSPS) is 18.4. The van der Waals surface area contributed by atoms with Crippen molar-refractivity contribution in [3.05, 3.63) is 30.3 Å². The molecule has 1 saturated heterocycles. The highest BCUT2D eigenvalue weighted by molar-refractivity contribution is 14.0. The van der Waals surface area contributed by atoms with Crippen LogP contribution in [0.4, 0.5) is 5.69 Å². The number of nitrogens with one attached hydrogen (secondary N) is 2. The second kappa shape index (κ2) is 9.77. The lowest BCUT2D eigenvalue weighted by Gasteiger charge is -2.21. The highest BCUT2D eigenvalue weighted by atomic mass is 127. The SMILES string of the molecule is CN=C(NCCS(=O)(=O)C(C)(C)C)NC1CCN(c2ccccc2)C1.I. The Kier molecular flexibility index (Phi) is 8.65. The summed E-state index contributed by atoms with van der Waals surface area (Å²) in [4.78, 5) is 6.55. The van der Waals surface area contributed by atoms with Crippen LogP contribution in [0.2, 0.25) is 0 Å². The lowest BCUT2D eigenvalue weighted by Crippen LogP contribution is -2.46. The summed E-state index contributed by atoms with van der Waals surface area (Å²) in [6.45, 7) is 7.45. The van der Waals surface area contributed by atoms with Gasteiger partial charge in [0.2, 0.25) is 0 Å². The molecule has 0 spiro atoms. The fourth-order valence-electron chi connectivity index (χ4n) is 2.75. The number of guanidine groups is 1. The minimum absolute atomic E-state index is 0. The third kappa shape index (κ3) is 6.29. The maximum absolute atomic E-state index is 12.2. The second-order valence-corrected chi connectivity index (χ2v) is 10.2. The smallest absolute Gasteiger partial charge is 0.191 e. The molecule has 2 N–H and O–H groups in total. The number of para-hydroxylation sites is 1. The molecule has 2 rings (SSSR count). The van der Waals surface area contributed by atoms with Gasteiger partial charge in [0.1, 0.15) is 0 Å². The number of halogens is 1. The van der Waals surface area contributed by atoms with Gasteiger partial charge in [-0.2, -0.15) is 0 Å². The van der Waals surface area contributed by atoms with E-state index in [1.54, 1.807) is 27.8 Å². The Bertz CT molecular complexity index is 687. The molecule has 148 valence electrons. The van der Waals surface area contributed by atoms with Crippen LogP contribution in [-0.2, 0) is 9.84 Å². The summed E-state index contributed by atoms with van der Waals surface area (Å²) >= 11 is 0. The Hall–Kier alpha value is -1.03. The number of sulfone groups is 1. The Morgan fingerprint density at radius 3 is 2.50 bits per heavy atom. The molecule has 0 radical (unpaired) electrons. The Labute approximate surface area is 174 Å². The lowest BCUT2D eigenvalue weighted by molar-refractivity contribution is 0.558. The quantitative estimate of drug-likeness (QED) is 0.373. The van der Waals surface area contributed by atoms with E-state index in [2.05, 4.69) is 32.7 Å². The number of benzene rings is 1. The van der Waals surface area contributed by atoms with E-state index in [9.17, 15) is 8.42 Å². The number of nitrogens with zero attached hydrogens (tertiary/aromatic N) is 2. The van der Waals surface area contributed by atoms with E-state index in [1.807, 2.05) is 18.2 Å². The summed E-state index contributed by atoms with van der Waals surface area (Å²) in [6, 6.07) is 10.6. The zero-order chi connectivity index (χ0) is 18.5. The third-order valence-corrected chi connectivity index (χ3v) is 7.08. The van der Waals surface area contributed by atoms with Gasteiger partial charge in [0.25, 0.3) is 0 Å². The molecule has 26 heavy (non-hydrogen) atoms. The van der Waals surface area contributed by atoms with E-state index in [0.717, 1.165) is 19.5 Å². The molecule has 6 nitrogen and oxygen atoms in total. The van der Waals surface area contributed by atoms with E-state index in [0.29, 0.717) is 18.5 Å². The van der Waals surface area contributed by atoms with Gasteiger partial charge in [0.05, 0.1) is 10.5 Å². The number of hydrogen-bond donors (Lipinski definition) is 2. The Morgan fingerprint density at radius 1 is 1.27 bits per heavy atom. The highest BCUT2D eigenvalue weighted by Gasteiger charge is 2.28. The van der Waals surface area contributed by atoms with Gasteiger partial charge in [-0.05, 0) is 39.3 Å². The van der Waals surface area contributed by atoms with Crippen LogP contribution in [0.25, 0.3) is 0 Å². The Balaban J connectivity index is 0.00000338.